The molecule has 0 aliphatic carbocycles. The van der Waals surface area contributed by atoms with E-state index in [1.807, 2.05) is 0 Å². The minimum Gasteiger partial charge on any atom is -0.296 e. The number of nitrogens with zero attached hydrogens (tertiary/aromatic N) is 1. The lowest BCUT2D eigenvalue weighted by atomic mass is 10.1. The number of benzene rings is 1. The molecule has 1 aromatic heterocycles. The fourth-order valence-corrected chi connectivity index (χ4v) is 1.24. The van der Waals surface area contributed by atoms with Gasteiger partial charge >= 0.3 is 5.76 Å². The van der Waals surface area contributed by atoms with Gasteiger partial charge in [-0.3, -0.25) is 9.51 Å². The summed E-state index contributed by atoms with van der Waals surface area (Å²) in [6, 6.07) is 2.42. The number of hydrogen-bond acceptors (Lipinski definition) is 3. The van der Waals surface area contributed by atoms with Gasteiger partial charge in [0.15, 0.2) is 17.5 Å². The third-order valence-electron chi connectivity index (χ3n) is 1.87. The minimum absolute atomic E-state index is 0.125. The number of aryl methyl sites for hydroxylation is 1. The molecule has 0 saturated heterocycles. The lowest BCUT2D eigenvalue weighted by Crippen LogP contribution is -1.97. The summed E-state index contributed by atoms with van der Waals surface area (Å²) in [5.41, 5.74) is 0.395. The average Bonchev–Trinajstić information content (AvgIpc) is 2.58. The highest BCUT2D eigenvalue weighted by molar-refractivity contribution is 5.56. The lowest BCUT2D eigenvalue weighted by molar-refractivity contribution is 0.387. The van der Waals surface area contributed by atoms with E-state index in [0.29, 0.717) is 5.56 Å². The molecule has 0 radical (unpaired) electrons. The van der Waals surface area contributed by atoms with Crippen molar-refractivity contribution in [3.63, 3.8) is 0 Å². The van der Waals surface area contributed by atoms with Gasteiger partial charge in [0, 0.05) is 0 Å². The van der Waals surface area contributed by atoms with Crippen LogP contribution in [0, 0.1) is 18.6 Å². The van der Waals surface area contributed by atoms with E-state index in [0.717, 1.165) is 6.07 Å². The van der Waals surface area contributed by atoms with Gasteiger partial charge < -0.3 is 0 Å². The molecular formula is C9H6F2N2O2. The van der Waals surface area contributed by atoms with Crippen LogP contribution in [-0.2, 0) is 0 Å². The highest BCUT2D eigenvalue weighted by Gasteiger charge is 2.14. The van der Waals surface area contributed by atoms with Crippen LogP contribution in [0.2, 0.25) is 0 Å². The van der Waals surface area contributed by atoms with Crippen molar-refractivity contribution < 1.29 is 13.3 Å². The molecular weight excluding hydrogens is 206 g/mol. The Morgan fingerprint density at radius 2 is 2.13 bits per heavy atom. The summed E-state index contributed by atoms with van der Waals surface area (Å²) in [5, 5.41) is 3.28. The first kappa shape index (κ1) is 9.57. The fraction of sp³-hybridized carbons (Fsp3) is 0.111. The molecule has 4 nitrogen and oxygen atoms in total. The zero-order chi connectivity index (χ0) is 11.0. The van der Waals surface area contributed by atoms with Crippen LogP contribution in [0.25, 0.3) is 11.4 Å². The standard InChI is InChI=1S/C9H6F2N2O2/c1-4-2-5(7(11)6(10)3-4)8-12-9(14)15-13-8/h2-3H,1H3,(H,12,13,14). The van der Waals surface area contributed by atoms with Crippen molar-refractivity contribution in [2.45, 2.75) is 6.92 Å². The monoisotopic (exact) mass is 212 g/mol. The van der Waals surface area contributed by atoms with E-state index in [1.54, 1.807) is 6.92 Å². The van der Waals surface area contributed by atoms with Crippen molar-refractivity contribution >= 4 is 0 Å². The average molecular weight is 212 g/mol. The highest BCUT2D eigenvalue weighted by Crippen LogP contribution is 2.22. The molecule has 1 aromatic carbocycles. The van der Waals surface area contributed by atoms with Gasteiger partial charge in [0.25, 0.3) is 0 Å². The van der Waals surface area contributed by atoms with Gasteiger partial charge in [0.2, 0.25) is 0 Å². The summed E-state index contributed by atoms with van der Waals surface area (Å²) >= 11 is 0. The van der Waals surface area contributed by atoms with E-state index in [1.165, 1.54) is 6.07 Å². The van der Waals surface area contributed by atoms with E-state index in [9.17, 15) is 13.6 Å². The second-order valence-corrected chi connectivity index (χ2v) is 3.05. The zero-order valence-corrected chi connectivity index (χ0v) is 7.67. The summed E-state index contributed by atoms with van der Waals surface area (Å²) < 4.78 is 30.5. The molecule has 15 heavy (non-hydrogen) atoms. The number of aromatic nitrogens is 2. The van der Waals surface area contributed by atoms with Crippen molar-refractivity contribution in [2.75, 3.05) is 0 Å². The van der Waals surface area contributed by atoms with Crippen LogP contribution in [0.3, 0.4) is 0 Å². The van der Waals surface area contributed by atoms with Gasteiger partial charge in [-0.2, -0.15) is 0 Å². The van der Waals surface area contributed by atoms with Crippen LogP contribution in [0.1, 0.15) is 5.56 Å². The van der Waals surface area contributed by atoms with Gasteiger partial charge in [0.1, 0.15) is 0 Å². The van der Waals surface area contributed by atoms with Crippen molar-refractivity contribution in [1.29, 1.82) is 0 Å². The molecule has 0 atom stereocenters. The smallest absolute Gasteiger partial charge is 0.296 e. The van der Waals surface area contributed by atoms with Gasteiger partial charge in [-0.05, 0) is 24.6 Å². The maximum Gasteiger partial charge on any atom is 0.439 e. The molecule has 0 amide bonds. The minimum atomic E-state index is -1.06. The first-order chi connectivity index (χ1) is 7.08. The largest absolute Gasteiger partial charge is 0.439 e. The Morgan fingerprint density at radius 1 is 1.40 bits per heavy atom. The van der Waals surface area contributed by atoms with Crippen LogP contribution in [0.5, 0.6) is 0 Å². The molecule has 0 spiro atoms. The third kappa shape index (κ3) is 1.65. The number of H-pyrrole nitrogens is 1. The molecule has 0 fully saturated rings. The molecule has 1 heterocycles. The molecule has 0 aliphatic rings. The van der Waals surface area contributed by atoms with E-state index >= 15 is 0 Å². The second kappa shape index (κ2) is 3.30. The van der Waals surface area contributed by atoms with Crippen molar-refractivity contribution in [3.8, 4) is 11.4 Å². The number of halogens is 2. The molecule has 0 aliphatic heterocycles. The SMILES string of the molecule is Cc1cc(F)c(F)c(-c2noc(=O)[nH]2)c1. The molecule has 2 rings (SSSR count). The molecule has 78 valence electrons. The summed E-state index contributed by atoms with van der Waals surface area (Å²) in [6.45, 7) is 1.60. The van der Waals surface area contributed by atoms with Gasteiger partial charge in [-0.15, -0.1) is 0 Å². The van der Waals surface area contributed by atoms with Gasteiger partial charge in [0.05, 0.1) is 5.56 Å². The summed E-state index contributed by atoms with van der Waals surface area (Å²) in [7, 11) is 0. The van der Waals surface area contributed by atoms with Gasteiger partial charge in [-0.1, -0.05) is 5.16 Å². The Balaban J connectivity index is 2.67. The second-order valence-electron chi connectivity index (χ2n) is 3.05. The third-order valence-corrected chi connectivity index (χ3v) is 1.87. The Labute approximate surface area is 82.5 Å². The van der Waals surface area contributed by atoms with Crippen LogP contribution >= 0.6 is 0 Å². The van der Waals surface area contributed by atoms with Crippen molar-refractivity contribution in [3.05, 3.63) is 39.9 Å². The molecule has 0 bridgehead atoms. The number of aromatic amines is 1. The summed E-state index contributed by atoms with van der Waals surface area (Å²) in [4.78, 5) is 12.8. The molecule has 6 heteroatoms. The fourth-order valence-electron chi connectivity index (χ4n) is 1.24. The molecule has 2 aromatic rings. The van der Waals surface area contributed by atoms with E-state index in [2.05, 4.69) is 14.7 Å². The first-order valence-corrected chi connectivity index (χ1v) is 4.10. The Morgan fingerprint density at radius 3 is 2.73 bits per heavy atom. The molecule has 0 unspecified atom stereocenters. The van der Waals surface area contributed by atoms with Crippen LogP contribution in [0.4, 0.5) is 8.78 Å². The number of hydrogen-bond donors (Lipinski definition) is 1. The van der Waals surface area contributed by atoms with Crippen molar-refractivity contribution in [1.82, 2.24) is 10.1 Å². The predicted octanol–water partition coefficient (Wildman–Crippen LogP) is 1.62. The van der Waals surface area contributed by atoms with Crippen LogP contribution < -0.4 is 5.76 Å². The van der Waals surface area contributed by atoms with E-state index < -0.39 is 17.4 Å². The predicted molar refractivity (Wildman–Crippen MR) is 47.2 cm³/mol. The number of rotatable bonds is 1. The van der Waals surface area contributed by atoms with Crippen LogP contribution in [0.15, 0.2) is 21.5 Å². The topological polar surface area (TPSA) is 58.9 Å². The maximum atomic E-state index is 13.3. The maximum absolute atomic E-state index is 13.3. The molecule has 0 saturated carbocycles. The zero-order valence-electron chi connectivity index (χ0n) is 7.67. The van der Waals surface area contributed by atoms with Crippen LogP contribution in [-0.4, -0.2) is 10.1 Å². The Hall–Kier alpha value is -1.98. The normalized spacial score (nSPS) is 10.6. The summed E-state index contributed by atoms with van der Waals surface area (Å²) in [6.07, 6.45) is 0. The lowest BCUT2D eigenvalue weighted by Gasteiger charge is -2.01. The summed E-state index contributed by atoms with van der Waals surface area (Å²) in [5.74, 6) is -2.99. The quantitative estimate of drug-likeness (QED) is 0.781. The van der Waals surface area contributed by atoms with Gasteiger partial charge in [-0.25, -0.2) is 13.6 Å². The first-order valence-electron chi connectivity index (χ1n) is 4.10. The Kier molecular flexibility index (Phi) is 2.11. The van der Waals surface area contributed by atoms with E-state index in [-0.39, 0.29) is 11.4 Å². The highest BCUT2D eigenvalue weighted by atomic mass is 19.2. The Bertz CT molecular complexity index is 559. The van der Waals surface area contributed by atoms with Crippen molar-refractivity contribution in [2.24, 2.45) is 0 Å². The molecule has 1 N–H and O–H groups in total. The van der Waals surface area contributed by atoms with E-state index in [4.69, 9.17) is 0 Å². The number of nitrogens with one attached hydrogen (secondary N) is 1.